The van der Waals surface area contributed by atoms with Crippen LogP contribution in [0.4, 0.5) is 0 Å². The molecule has 0 atom stereocenters. The summed E-state index contributed by atoms with van der Waals surface area (Å²) in [5.41, 5.74) is 0.0417. The molecule has 0 aliphatic rings. The fraction of sp³-hybridized carbons (Fsp3) is 1.00. The average molecular weight is 230 g/mol. The van der Waals surface area contributed by atoms with Gasteiger partial charge in [-0.1, -0.05) is 0 Å². The van der Waals surface area contributed by atoms with Crippen LogP contribution in [0.5, 0.6) is 0 Å². The van der Waals surface area contributed by atoms with Crippen LogP contribution in [-0.4, -0.2) is 5.60 Å². The van der Waals surface area contributed by atoms with E-state index in [9.17, 15) is 0 Å². The Balaban J connectivity index is -0.0000000417. The van der Waals surface area contributed by atoms with Crippen molar-refractivity contribution in [2.45, 2.75) is 26.4 Å². The molecule has 0 N–H and O–H groups in total. The summed E-state index contributed by atoms with van der Waals surface area (Å²) in [6, 6.07) is 0. The first-order chi connectivity index (χ1) is 2.56. The fourth-order valence-electron chi connectivity index (χ4n) is 0. The molecule has 59 valence electrons. The Bertz CT molecular complexity index is 45.6. The second-order valence-corrected chi connectivity index (χ2v) is 2.53. The smallest absolute Gasteiger partial charge is 0.147 e. The first-order valence-electron chi connectivity index (χ1n) is 1.91. The molecule has 0 radical (unpaired) electrons. The van der Waals surface area contributed by atoms with Crippen LogP contribution in [-0.2, 0) is 24.1 Å². The third-order valence-electron chi connectivity index (χ3n) is 0.306. The summed E-state index contributed by atoms with van der Waals surface area (Å²) < 4.78 is 4.94. The van der Waals surface area contributed by atoms with Gasteiger partial charge in [-0.25, -0.2) is 0 Å². The van der Waals surface area contributed by atoms with Gasteiger partial charge in [-0.2, -0.15) is 0 Å². The Morgan fingerprint density at radius 2 is 1.11 bits per heavy atom. The van der Waals surface area contributed by atoms with Gasteiger partial charge < -0.3 is 0 Å². The zero-order valence-electron chi connectivity index (χ0n) is 5.63. The van der Waals surface area contributed by atoms with E-state index in [4.69, 9.17) is 3.32 Å². The standard InChI is InChI=1S/C4H9O.3ClH.Ti/c1-4(2,3)5;;;;/h1-3H3;3*1H;/q-1;;;;+1. The largest absolute Gasteiger partial charge is 0.147 e. The van der Waals surface area contributed by atoms with Crippen molar-refractivity contribution < 1.29 is 24.1 Å². The van der Waals surface area contributed by atoms with Crippen molar-refractivity contribution in [3.05, 3.63) is 0 Å². The van der Waals surface area contributed by atoms with Crippen LogP contribution in [0.2, 0.25) is 0 Å². The Morgan fingerprint density at radius 3 is 1.11 bits per heavy atom. The molecular weight excluding hydrogens is 218 g/mol. The summed E-state index contributed by atoms with van der Waals surface area (Å²) in [4.78, 5) is 0. The fourth-order valence-corrected chi connectivity index (χ4v) is 0. The van der Waals surface area contributed by atoms with Crippen molar-refractivity contribution in [1.29, 1.82) is 0 Å². The molecule has 0 aromatic rings. The second-order valence-electron chi connectivity index (χ2n) is 2.21. The molecule has 0 heterocycles. The van der Waals surface area contributed by atoms with Gasteiger partial charge in [0.1, 0.15) is 0 Å². The first kappa shape index (κ1) is 22.4. The van der Waals surface area contributed by atoms with Gasteiger partial charge in [0.2, 0.25) is 0 Å². The van der Waals surface area contributed by atoms with E-state index < -0.39 is 0 Å². The predicted octanol–water partition coefficient (Wildman–Crippen LogP) is 2.53. The molecule has 0 rings (SSSR count). The minimum atomic E-state index is 0. The molecule has 0 fully saturated rings. The van der Waals surface area contributed by atoms with E-state index in [0.29, 0.717) is 0 Å². The Hall–Kier alpha value is 1.54. The summed E-state index contributed by atoms with van der Waals surface area (Å²) in [6.07, 6.45) is 0. The van der Waals surface area contributed by atoms with E-state index in [0.717, 1.165) is 0 Å². The van der Waals surface area contributed by atoms with E-state index in [1.165, 1.54) is 0 Å². The summed E-state index contributed by atoms with van der Waals surface area (Å²) in [5.74, 6) is 0. The first-order valence-corrected chi connectivity index (χ1v) is 2.55. The number of hydrogen-bond acceptors (Lipinski definition) is 1. The van der Waals surface area contributed by atoms with E-state index in [1.807, 2.05) is 20.8 Å². The normalized spacial score (nSPS) is 7.78. The van der Waals surface area contributed by atoms with E-state index in [2.05, 4.69) is 0 Å². The second kappa shape index (κ2) is 9.54. The quantitative estimate of drug-likeness (QED) is 0.581. The van der Waals surface area contributed by atoms with Crippen LogP contribution in [0.3, 0.4) is 0 Å². The van der Waals surface area contributed by atoms with Gasteiger partial charge in [-0.15, -0.1) is 37.2 Å². The molecule has 0 aromatic heterocycles. The molecule has 1 nitrogen and oxygen atoms in total. The van der Waals surface area contributed by atoms with Crippen molar-refractivity contribution in [2.24, 2.45) is 0 Å². The Kier molecular flexibility index (Phi) is 23.8. The van der Waals surface area contributed by atoms with Crippen molar-refractivity contribution in [1.82, 2.24) is 0 Å². The van der Waals surface area contributed by atoms with E-state index >= 15 is 0 Å². The summed E-state index contributed by atoms with van der Waals surface area (Å²) >= 11 is 1.71. The summed E-state index contributed by atoms with van der Waals surface area (Å²) in [5, 5.41) is 0. The Morgan fingerprint density at radius 1 is 1.00 bits per heavy atom. The molecule has 0 aliphatic heterocycles. The predicted molar refractivity (Wildman–Crippen MR) is 42.6 cm³/mol. The van der Waals surface area contributed by atoms with Crippen LogP contribution in [0, 0.1) is 0 Å². The molecule has 0 aromatic carbocycles. The van der Waals surface area contributed by atoms with Crippen LogP contribution < -0.4 is 0 Å². The average Bonchev–Trinajstić information content (AvgIpc) is 1.35. The van der Waals surface area contributed by atoms with Crippen LogP contribution in [0.1, 0.15) is 20.8 Å². The minimum absolute atomic E-state index is 0. The molecule has 0 bridgehead atoms. The van der Waals surface area contributed by atoms with Crippen LogP contribution in [0.25, 0.3) is 0 Å². The van der Waals surface area contributed by atoms with Gasteiger partial charge >= 0.3 is 50.5 Å². The summed E-state index contributed by atoms with van der Waals surface area (Å²) in [7, 11) is 0. The maximum Gasteiger partial charge on any atom is -0.147 e. The Labute approximate surface area is 87.4 Å². The topological polar surface area (TPSA) is 9.23 Å². The van der Waals surface area contributed by atoms with Gasteiger partial charge in [0.25, 0.3) is 0 Å². The van der Waals surface area contributed by atoms with Crippen molar-refractivity contribution in [3.8, 4) is 0 Å². The maximum atomic E-state index is 4.94. The number of hydrogen-bond donors (Lipinski definition) is 0. The van der Waals surface area contributed by atoms with Crippen LogP contribution >= 0.6 is 37.2 Å². The van der Waals surface area contributed by atoms with Gasteiger partial charge in [0, 0.05) is 0 Å². The molecule has 0 saturated carbocycles. The summed E-state index contributed by atoms with van der Waals surface area (Å²) in [6.45, 7) is 6.06. The SMILES string of the molecule is CC(C)(C)[O][Ti].Cl.Cl.Cl. The number of halogens is 3. The third kappa shape index (κ3) is 26.3. The zero-order valence-corrected chi connectivity index (χ0v) is 9.64. The minimum Gasteiger partial charge on any atom is -0.147 e. The van der Waals surface area contributed by atoms with Crippen molar-refractivity contribution in [2.75, 3.05) is 0 Å². The van der Waals surface area contributed by atoms with Gasteiger partial charge in [-0.3, -0.25) is 0 Å². The molecule has 0 spiro atoms. The van der Waals surface area contributed by atoms with Gasteiger partial charge in [0.15, 0.2) is 0 Å². The molecule has 9 heavy (non-hydrogen) atoms. The molecular formula is C4H12Cl3OTi. The zero-order chi connectivity index (χ0) is 5.21. The van der Waals surface area contributed by atoms with Crippen LogP contribution in [0.15, 0.2) is 0 Å². The molecule has 0 saturated heterocycles. The number of rotatable bonds is 0. The molecule has 0 unspecified atom stereocenters. The van der Waals surface area contributed by atoms with Gasteiger partial charge in [-0.05, 0) is 0 Å². The van der Waals surface area contributed by atoms with E-state index in [1.54, 1.807) is 20.8 Å². The molecule has 0 amide bonds. The van der Waals surface area contributed by atoms with E-state index in [-0.39, 0.29) is 42.8 Å². The maximum absolute atomic E-state index is 4.94. The van der Waals surface area contributed by atoms with Crippen molar-refractivity contribution in [3.63, 3.8) is 0 Å². The van der Waals surface area contributed by atoms with Gasteiger partial charge in [0.05, 0.1) is 0 Å². The third-order valence-corrected chi connectivity index (χ3v) is 1.26. The van der Waals surface area contributed by atoms with Crippen molar-refractivity contribution >= 4 is 37.2 Å². The monoisotopic (exact) mass is 229 g/mol. The molecule has 0 aliphatic carbocycles. The molecule has 5 heteroatoms.